The fraction of sp³-hybridized carbons (Fsp3) is 0. The zero-order chi connectivity index (χ0) is 6.10. The van der Waals surface area contributed by atoms with Gasteiger partial charge in [0.05, 0.1) is 4.70 Å². The Kier molecular flexibility index (Phi) is 0.909. The maximum Gasteiger partial charge on any atom is 0.132 e. The van der Waals surface area contributed by atoms with E-state index < -0.39 is 0 Å². The highest BCUT2D eigenvalue weighted by molar-refractivity contribution is 7.16. The monoisotopic (exact) mass is 133 g/mol. The van der Waals surface area contributed by atoms with Crippen LogP contribution in [-0.2, 0) is 0 Å². The van der Waals surface area contributed by atoms with Gasteiger partial charge in [-0.15, -0.1) is 0 Å². The molecule has 0 aromatic carbocycles. The van der Waals surface area contributed by atoms with Crippen LogP contribution in [0.1, 0.15) is 0 Å². The molecule has 2 heterocycles. The average molecular weight is 133 g/mol. The van der Waals surface area contributed by atoms with Gasteiger partial charge in [0.2, 0.25) is 0 Å². The van der Waals surface area contributed by atoms with Crippen molar-refractivity contribution >= 4 is 21.6 Å². The summed E-state index contributed by atoms with van der Waals surface area (Å²) in [5.74, 6) is 0. The summed E-state index contributed by atoms with van der Waals surface area (Å²) in [7, 11) is 0. The van der Waals surface area contributed by atoms with E-state index in [0.717, 1.165) is 10.2 Å². The van der Waals surface area contributed by atoms with Crippen molar-refractivity contribution in [3.8, 4) is 0 Å². The Hall–Kier alpha value is -1.07. The summed E-state index contributed by atoms with van der Waals surface area (Å²) in [5, 5.41) is 2.89. The second-order valence-electron chi connectivity index (χ2n) is 1.68. The molecule has 1 nitrogen and oxygen atoms in total. The Morgan fingerprint density at radius 3 is 3.44 bits per heavy atom. The van der Waals surface area contributed by atoms with E-state index in [1.54, 1.807) is 17.5 Å². The maximum atomic E-state index is 4.06. The molecule has 2 aromatic heterocycles. The first-order chi connectivity index (χ1) is 4.47. The lowest BCUT2D eigenvalue weighted by molar-refractivity contribution is 1.43. The minimum Gasteiger partial charge on any atom is -0.246 e. The molecular formula is C7H3NS. The topological polar surface area (TPSA) is 12.9 Å². The van der Waals surface area contributed by atoms with Crippen molar-refractivity contribution in [2.45, 2.75) is 0 Å². The van der Waals surface area contributed by atoms with Crippen LogP contribution in [0.2, 0.25) is 0 Å². The molecule has 2 aromatic rings. The third-order valence-corrected chi connectivity index (χ3v) is 1.85. The second-order valence-corrected chi connectivity index (χ2v) is 2.53. The summed E-state index contributed by atoms with van der Waals surface area (Å²) in [5.41, 5.74) is 0.919. The highest BCUT2D eigenvalue weighted by atomic mass is 32.1. The lowest BCUT2D eigenvalue weighted by Gasteiger charge is -1.80. The van der Waals surface area contributed by atoms with E-state index in [1.165, 1.54) is 0 Å². The first-order valence-electron chi connectivity index (χ1n) is 2.60. The fourth-order valence-corrected chi connectivity index (χ4v) is 1.30. The summed E-state index contributed by atoms with van der Waals surface area (Å²) in [6.45, 7) is 0. The molecule has 0 radical (unpaired) electrons. The van der Waals surface area contributed by atoms with Crippen molar-refractivity contribution in [2.24, 2.45) is 0 Å². The summed E-state index contributed by atoms with van der Waals surface area (Å²) in [6, 6.07) is 6.83. The van der Waals surface area contributed by atoms with Gasteiger partial charge in [-0.05, 0) is 23.6 Å². The van der Waals surface area contributed by atoms with Gasteiger partial charge in [0.15, 0.2) is 0 Å². The van der Waals surface area contributed by atoms with E-state index in [-0.39, 0.29) is 0 Å². The minimum atomic E-state index is 0.919. The van der Waals surface area contributed by atoms with Gasteiger partial charge in [0, 0.05) is 6.20 Å². The Balaban J connectivity index is 2.95. The Bertz CT molecular complexity index is 283. The lowest BCUT2D eigenvalue weighted by Crippen LogP contribution is -1.65. The zero-order valence-corrected chi connectivity index (χ0v) is 5.40. The van der Waals surface area contributed by atoms with Crippen LogP contribution >= 0.6 is 11.3 Å². The number of fused-ring (bicyclic) bond motifs is 1. The van der Waals surface area contributed by atoms with Crippen molar-refractivity contribution in [2.75, 3.05) is 0 Å². The number of nitrogens with zero attached hydrogens (tertiary/aromatic N) is 1. The van der Waals surface area contributed by atoms with E-state index >= 15 is 0 Å². The van der Waals surface area contributed by atoms with E-state index in [1.807, 2.05) is 12.1 Å². The molecule has 2 heteroatoms. The standard InChI is InChI=1S/C7H3NS/c1-2-7-6(8-4-1)3-5-9-7/h1-2,4H. The van der Waals surface area contributed by atoms with Crippen LogP contribution in [0.5, 0.6) is 0 Å². The third kappa shape index (κ3) is 0.664. The number of hydrogen-bond acceptors (Lipinski definition) is 2. The molecule has 0 saturated heterocycles. The molecular weight excluding hydrogens is 130 g/mol. The van der Waals surface area contributed by atoms with Gasteiger partial charge in [-0.3, -0.25) is 0 Å². The normalized spacial score (nSPS) is 9.33. The van der Waals surface area contributed by atoms with Crippen molar-refractivity contribution in [1.82, 2.24) is 4.98 Å². The summed E-state index contributed by atoms with van der Waals surface area (Å²) >= 11 is 1.54. The molecule has 0 N–H and O–H groups in total. The van der Waals surface area contributed by atoms with E-state index in [4.69, 9.17) is 0 Å². The van der Waals surface area contributed by atoms with Gasteiger partial charge in [-0.1, -0.05) is 11.3 Å². The van der Waals surface area contributed by atoms with Crippen molar-refractivity contribution in [3.63, 3.8) is 0 Å². The molecule has 0 bridgehead atoms. The van der Waals surface area contributed by atoms with Crippen LogP contribution in [0.4, 0.5) is 0 Å². The first-order valence-corrected chi connectivity index (χ1v) is 3.41. The number of hydrogen-bond donors (Lipinski definition) is 0. The number of aromatic nitrogens is 1. The fourth-order valence-electron chi connectivity index (χ4n) is 0.696. The molecule has 0 fully saturated rings. The molecule has 9 heavy (non-hydrogen) atoms. The predicted octanol–water partition coefficient (Wildman–Crippen LogP) is 1.90. The lowest BCUT2D eigenvalue weighted by atomic mass is 10.4. The average Bonchev–Trinajstić information content (AvgIpc) is 2.33. The summed E-state index contributed by atoms with van der Waals surface area (Å²) in [6.07, 6.45) is 1.76. The van der Waals surface area contributed by atoms with Gasteiger partial charge in [-0.2, -0.15) is 0 Å². The minimum absolute atomic E-state index is 0.919. The van der Waals surface area contributed by atoms with E-state index in [9.17, 15) is 0 Å². The van der Waals surface area contributed by atoms with E-state index in [2.05, 4.69) is 16.4 Å². The second kappa shape index (κ2) is 1.71. The first kappa shape index (κ1) is 4.78. The van der Waals surface area contributed by atoms with Crippen molar-refractivity contribution < 1.29 is 0 Å². The molecule has 0 spiro atoms. The molecule has 0 unspecified atom stereocenters. The zero-order valence-electron chi connectivity index (χ0n) is 4.59. The molecule has 0 aliphatic heterocycles. The molecule has 0 atom stereocenters. The van der Waals surface area contributed by atoms with E-state index in [0.29, 0.717) is 0 Å². The van der Waals surface area contributed by atoms with Crippen LogP contribution in [-0.4, -0.2) is 4.98 Å². The molecule has 42 valence electrons. The van der Waals surface area contributed by atoms with Gasteiger partial charge in [-0.25, -0.2) is 4.98 Å². The molecule has 0 amide bonds. The summed E-state index contributed by atoms with van der Waals surface area (Å²) < 4.78 is 1.15. The Labute approximate surface area is 57.0 Å². The Morgan fingerprint density at radius 2 is 2.56 bits per heavy atom. The number of rotatable bonds is 0. The molecule has 0 aliphatic rings. The molecule has 2 rings (SSSR count). The van der Waals surface area contributed by atoms with Gasteiger partial charge in [0.1, 0.15) is 5.52 Å². The predicted molar refractivity (Wildman–Crippen MR) is 37.3 cm³/mol. The maximum absolute atomic E-state index is 4.06. The molecule has 0 aliphatic carbocycles. The Morgan fingerprint density at radius 1 is 1.56 bits per heavy atom. The third-order valence-electron chi connectivity index (χ3n) is 1.10. The SMILES string of the molecule is c1sc2cccnc2c#1. The quantitative estimate of drug-likeness (QED) is 0.534. The highest BCUT2D eigenvalue weighted by Crippen LogP contribution is 2.11. The van der Waals surface area contributed by atoms with Crippen LogP contribution in [0.15, 0.2) is 18.3 Å². The summed E-state index contributed by atoms with van der Waals surface area (Å²) in [4.78, 5) is 4.06. The van der Waals surface area contributed by atoms with Crippen molar-refractivity contribution in [3.05, 3.63) is 29.8 Å². The van der Waals surface area contributed by atoms with Crippen molar-refractivity contribution in [1.29, 1.82) is 0 Å². The van der Waals surface area contributed by atoms with Crippen LogP contribution in [0.25, 0.3) is 10.2 Å². The van der Waals surface area contributed by atoms with Gasteiger partial charge >= 0.3 is 0 Å². The van der Waals surface area contributed by atoms with Gasteiger partial charge < -0.3 is 0 Å². The van der Waals surface area contributed by atoms with Crippen LogP contribution < -0.4 is 0 Å². The van der Waals surface area contributed by atoms with Crippen LogP contribution in [0.3, 0.4) is 0 Å². The van der Waals surface area contributed by atoms with Gasteiger partial charge in [0.25, 0.3) is 0 Å². The number of pyridine rings is 1. The molecule has 0 saturated carbocycles. The van der Waals surface area contributed by atoms with Crippen LogP contribution in [0, 0.1) is 11.4 Å². The smallest absolute Gasteiger partial charge is 0.132 e. The largest absolute Gasteiger partial charge is 0.246 e. The highest BCUT2D eigenvalue weighted by Gasteiger charge is 1.88.